The number of phenolic OH excluding ortho intramolecular Hbond substituents is 1. The number of aromatic hydroxyl groups is 1. The summed E-state index contributed by atoms with van der Waals surface area (Å²) in [4.78, 5) is 52.9. The molecule has 0 unspecified atom stereocenters. The molecule has 2 aliphatic heterocycles. The molecule has 17 heteroatoms. The number of benzene rings is 3. The molecule has 2 heterocycles. The van der Waals surface area contributed by atoms with E-state index in [1.165, 1.54) is 31.4 Å². The van der Waals surface area contributed by atoms with Crippen molar-refractivity contribution in [3.63, 3.8) is 0 Å². The number of methoxy groups -OCH3 is 1. The van der Waals surface area contributed by atoms with Crippen LogP contribution in [0.5, 0.6) is 11.5 Å². The Labute approximate surface area is 299 Å². The smallest absolute Gasteiger partial charge is 0.416 e. The fraction of sp³-hybridized carbons (Fsp3) is 0.314. The van der Waals surface area contributed by atoms with E-state index in [1.807, 2.05) is 0 Å². The molecule has 0 spiro atoms. The first-order chi connectivity index (χ1) is 24.2. The molecule has 4 aliphatic rings. The van der Waals surface area contributed by atoms with Crippen molar-refractivity contribution in [3.05, 3.63) is 94.8 Å². The second-order valence-electron chi connectivity index (χ2n) is 13.0. The Balaban J connectivity index is 1.40. The van der Waals surface area contributed by atoms with Gasteiger partial charge in [0.15, 0.2) is 9.75 Å². The van der Waals surface area contributed by atoms with Crippen molar-refractivity contribution in [2.45, 2.75) is 40.9 Å². The lowest BCUT2D eigenvalue weighted by molar-refractivity contribution is -0.143. The highest BCUT2D eigenvalue weighted by atomic mass is 35.5. The van der Waals surface area contributed by atoms with E-state index in [4.69, 9.17) is 27.9 Å². The van der Waals surface area contributed by atoms with Gasteiger partial charge in [-0.15, -0.1) is 23.2 Å². The highest BCUT2D eigenvalue weighted by Crippen LogP contribution is 2.66. The molecule has 0 radical (unpaired) electrons. The van der Waals surface area contributed by atoms with Gasteiger partial charge in [-0.25, -0.2) is 14.2 Å². The number of amides is 4. The van der Waals surface area contributed by atoms with Crippen LogP contribution in [0.25, 0.3) is 0 Å². The minimum absolute atomic E-state index is 0.0720. The van der Waals surface area contributed by atoms with Crippen LogP contribution in [0.3, 0.4) is 0 Å². The van der Waals surface area contributed by atoms with Crippen LogP contribution in [0.4, 0.5) is 42.1 Å². The fourth-order valence-electron chi connectivity index (χ4n) is 7.96. The molecule has 2 saturated heterocycles. The summed E-state index contributed by atoms with van der Waals surface area (Å²) in [6, 6.07) is 8.53. The van der Waals surface area contributed by atoms with Crippen LogP contribution in [-0.2, 0) is 31.5 Å². The van der Waals surface area contributed by atoms with Gasteiger partial charge in [-0.2, -0.15) is 26.3 Å². The van der Waals surface area contributed by atoms with Crippen LogP contribution in [0.2, 0.25) is 0 Å². The lowest BCUT2D eigenvalue weighted by Crippen LogP contribution is -2.60. The molecular formula is C35H23Cl2F7N2O6. The molecule has 0 aromatic heterocycles. The maximum absolute atomic E-state index is 14.4. The Morgan fingerprint density at radius 3 is 1.98 bits per heavy atom. The normalized spacial score (nSPS) is 28.8. The van der Waals surface area contributed by atoms with Gasteiger partial charge in [-0.05, 0) is 79.4 Å². The summed E-state index contributed by atoms with van der Waals surface area (Å²) < 4.78 is 102. The van der Waals surface area contributed by atoms with Crippen molar-refractivity contribution >= 4 is 58.2 Å². The highest BCUT2D eigenvalue weighted by molar-refractivity contribution is 6.58. The number of carbonyl (C=O) groups is 4. The quantitative estimate of drug-likeness (QED) is 0.129. The van der Waals surface area contributed by atoms with Crippen molar-refractivity contribution < 1.29 is 59.8 Å². The van der Waals surface area contributed by atoms with Gasteiger partial charge < -0.3 is 9.84 Å². The summed E-state index contributed by atoms with van der Waals surface area (Å²) in [6.07, 6.45) is -9.98. The number of imide groups is 2. The minimum atomic E-state index is -5.28. The third kappa shape index (κ3) is 5.02. The monoisotopic (exact) mass is 770 g/mol. The van der Waals surface area contributed by atoms with E-state index >= 15 is 0 Å². The fourth-order valence-corrected chi connectivity index (χ4v) is 8.88. The molecular weight excluding hydrogens is 748 g/mol. The number of carbonyl (C=O) groups excluding carboxylic acids is 4. The number of fused-ring (bicyclic) bond motifs is 4. The van der Waals surface area contributed by atoms with Crippen molar-refractivity contribution in [1.82, 2.24) is 0 Å². The van der Waals surface area contributed by atoms with Gasteiger partial charge in [0.05, 0.1) is 41.4 Å². The molecule has 3 aromatic carbocycles. The molecule has 1 N–H and O–H groups in total. The molecule has 4 amide bonds. The maximum atomic E-state index is 14.4. The first kappa shape index (κ1) is 35.8. The second kappa shape index (κ2) is 11.7. The topological polar surface area (TPSA) is 104 Å². The summed E-state index contributed by atoms with van der Waals surface area (Å²) in [6.45, 7) is 0. The molecule has 3 aromatic rings. The summed E-state index contributed by atoms with van der Waals surface area (Å²) >= 11 is 14.5. The first-order valence-corrected chi connectivity index (χ1v) is 16.3. The molecule has 7 rings (SSSR count). The van der Waals surface area contributed by atoms with Crippen molar-refractivity contribution in [3.8, 4) is 11.5 Å². The van der Waals surface area contributed by atoms with Gasteiger partial charge in [-0.3, -0.25) is 19.2 Å². The van der Waals surface area contributed by atoms with Gasteiger partial charge in [0.1, 0.15) is 17.3 Å². The molecule has 6 atom stereocenters. The SMILES string of the molecule is COc1ccc(O)c([C@H]2C3=CC[C@@H]4C(=O)N(c5cc(C(F)(F)F)cc(C(F)(F)F)c5)C(=O)[C@@H]4[C@@H]3C[C@@]3(Cl)C(=O)N(c4ccc(F)cc4)C(=O)[C@@]23Cl)c1. The van der Waals surface area contributed by atoms with E-state index in [0.29, 0.717) is 4.90 Å². The van der Waals surface area contributed by atoms with E-state index in [2.05, 4.69) is 0 Å². The number of allylic oxidation sites excluding steroid dienone is 2. The number of alkyl halides is 8. The van der Waals surface area contributed by atoms with E-state index in [-0.39, 0.29) is 52.1 Å². The van der Waals surface area contributed by atoms with Crippen LogP contribution < -0.4 is 14.5 Å². The van der Waals surface area contributed by atoms with E-state index in [0.717, 1.165) is 24.3 Å². The zero-order chi connectivity index (χ0) is 37.9. The average Bonchev–Trinajstić information content (AvgIpc) is 3.42. The number of phenols is 1. The predicted molar refractivity (Wildman–Crippen MR) is 170 cm³/mol. The lowest BCUT2D eigenvalue weighted by atomic mass is 9.56. The van der Waals surface area contributed by atoms with Crippen molar-refractivity contribution in [2.75, 3.05) is 16.9 Å². The predicted octanol–water partition coefficient (Wildman–Crippen LogP) is 7.35. The molecule has 52 heavy (non-hydrogen) atoms. The van der Waals surface area contributed by atoms with Crippen LogP contribution in [-0.4, -0.2) is 45.6 Å². The Bertz CT molecular complexity index is 2070. The Morgan fingerprint density at radius 2 is 1.40 bits per heavy atom. The van der Waals surface area contributed by atoms with Crippen LogP contribution >= 0.6 is 23.2 Å². The number of rotatable bonds is 4. The zero-order valence-corrected chi connectivity index (χ0v) is 27.9. The second-order valence-corrected chi connectivity index (χ2v) is 14.2. The molecule has 0 bridgehead atoms. The zero-order valence-electron chi connectivity index (χ0n) is 26.4. The highest BCUT2D eigenvalue weighted by Gasteiger charge is 2.77. The van der Waals surface area contributed by atoms with E-state index in [9.17, 15) is 55.0 Å². The number of hydrogen-bond acceptors (Lipinski definition) is 6. The Kier molecular flexibility index (Phi) is 8.04. The van der Waals surface area contributed by atoms with Crippen LogP contribution in [0.15, 0.2) is 72.3 Å². The van der Waals surface area contributed by atoms with Crippen LogP contribution in [0.1, 0.15) is 35.4 Å². The molecule has 3 fully saturated rings. The van der Waals surface area contributed by atoms with Crippen molar-refractivity contribution in [2.24, 2.45) is 17.8 Å². The Morgan fingerprint density at radius 1 is 0.788 bits per heavy atom. The van der Waals surface area contributed by atoms with Gasteiger partial charge in [0.2, 0.25) is 11.8 Å². The number of halogens is 9. The summed E-state index contributed by atoms with van der Waals surface area (Å²) in [7, 11) is 1.31. The van der Waals surface area contributed by atoms with E-state index in [1.54, 1.807) is 0 Å². The Hall–Kier alpha value is -4.63. The number of ether oxygens (including phenoxy) is 1. The number of nitrogens with zero attached hydrogens (tertiary/aromatic N) is 2. The number of hydrogen-bond donors (Lipinski definition) is 1. The van der Waals surface area contributed by atoms with Crippen molar-refractivity contribution in [1.29, 1.82) is 0 Å². The van der Waals surface area contributed by atoms with Gasteiger partial charge >= 0.3 is 12.4 Å². The largest absolute Gasteiger partial charge is 0.508 e. The summed E-state index contributed by atoms with van der Waals surface area (Å²) in [5.74, 6) is -11.0. The minimum Gasteiger partial charge on any atom is -0.508 e. The number of anilines is 2. The van der Waals surface area contributed by atoms with E-state index < -0.39 is 104 Å². The summed E-state index contributed by atoms with van der Waals surface area (Å²) in [5, 5.41) is 11.2. The van der Waals surface area contributed by atoms with Gasteiger partial charge in [0, 0.05) is 11.5 Å². The molecule has 1 saturated carbocycles. The van der Waals surface area contributed by atoms with Gasteiger partial charge in [0.25, 0.3) is 11.8 Å². The molecule has 8 nitrogen and oxygen atoms in total. The maximum Gasteiger partial charge on any atom is 0.416 e. The van der Waals surface area contributed by atoms with Crippen LogP contribution in [0, 0.1) is 23.6 Å². The third-order valence-electron chi connectivity index (χ3n) is 10.3. The van der Waals surface area contributed by atoms with Gasteiger partial charge in [-0.1, -0.05) is 11.6 Å². The lowest BCUT2D eigenvalue weighted by Gasteiger charge is -2.50. The molecule has 272 valence electrons. The summed E-state index contributed by atoms with van der Waals surface area (Å²) in [5.41, 5.74) is -4.48. The first-order valence-electron chi connectivity index (χ1n) is 15.5. The standard InChI is InChI=1S/C35H23Cl2F7N2O6/c1-52-20-6-9-25(47)23(13-20)27-21-7-8-22-26(29(49)45(28(22)48)19-11-15(34(39,40)41)10-16(12-19)35(42,43)44)24(21)14-32(36)30(50)46(31(51)33(27,32)37)18-4-2-17(38)3-5-18/h2-7,9-13,22,24,26-27,47H,8,14H2,1H3/t22-,24+,26-,27+,32+,33-/m0/s1. The molecule has 2 aliphatic carbocycles. The third-order valence-corrected chi connectivity index (χ3v) is 11.7. The average molecular weight is 771 g/mol.